The quantitative estimate of drug-likeness (QED) is 0.923. The van der Waals surface area contributed by atoms with Gasteiger partial charge in [0.25, 0.3) is 0 Å². The fraction of sp³-hybridized carbons (Fsp3) is 0.688. The summed E-state index contributed by atoms with van der Waals surface area (Å²) in [6, 6.07) is 4.29. The molecular formula is C16H24N2OS. The van der Waals surface area contributed by atoms with Crippen LogP contribution in [0.4, 0.5) is 0 Å². The number of thiophene rings is 1. The van der Waals surface area contributed by atoms with Gasteiger partial charge in [-0.3, -0.25) is 10.1 Å². The van der Waals surface area contributed by atoms with E-state index in [0.29, 0.717) is 11.3 Å². The lowest BCUT2D eigenvalue weighted by molar-refractivity contribution is -0.130. The molecule has 3 rings (SSSR count). The number of amides is 1. The molecule has 2 heterocycles. The molecule has 3 nitrogen and oxygen atoms in total. The summed E-state index contributed by atoms with van der Waals surface area (Å²) in [7, 11) is 0. The van der Waals surface area contributed by atoms with Crippen LogP contribution in [-0.2, 0) is 4.79 Å². The highest BCUT2D eigenvalue weighted by Crippen LogP contribution is 2.52. The molecule has 2 aliphatic rings. The molecule has 4 heteroatoms. The Hall–Kier alpha value is -0.870. The van der Waals surface area contributed by atoms with Crippen LogP contribution in [-0.4, -0.2) is 23.4 Å². The van der Waals surface area contributed by atoms with Crippen molar-refractivity contribution in [2.45, 2.75) is 52.7 Å². The SMILES string of the molecule is CCC1NC(c2ccc(C)s2)N(CC2CC2(C)C)C1=O. The Labute approximate surface area is 125 Å². The van der Waals surface area contributed by atoms with E-state index in [4.69, 9.17) is 0 Å². The van der Waals surface area contributed by atoms with Crippen LogP contribution in [0.3, 0.4) is 0 Å². The Kier molecular flexibility index (Phi) is 3.41. The average molecular weight is 292 g/mol. The van der Waals surface area contributed by atoms with Crippen LogP contribution in [0.2, 0.25) is 0 Å². The van der Waals surface area contributed by atoms with Crippen LogP contribution in [0.1, 0.15) is 49.5 Å². The van der Waals surface area contributed by atoms with Gasteiger partial charge in [-0.2, -0.15) is 0 Å². The van der Waals surface area contributed by atoms with E-state index < -0.39 is 0 Å². The molecule has 110 valence electrons. The molecule has 0 aromatic carbocycles. The lowest BCUT2D eigenvalue weighted by Crippen LogP contribution is -2.33. The van der Waals surface area contributed by atoms with Crippen molar-refractivity contribution < 1.29 is 4.79 Å². The zero-order valence-corrected chi connectivity index (χ0v) is 13.6. The standard InChI is InChI=1S/C16H24N2OS/c1-5-12-15(19)18(9-11-8-16(11,3)4)14(17-12)13-7-6-10(2)20-13/h6-7,11-12,14,17H,5,8-9H2,1-4H3. The molecular weight excluding hydrogens is 268 g/mol. The largest absolute Gasteiger partial charge is 0.320 e. The molecule has 1 amide bonds. The number of hydrogen-bond acceptors (Lipinski definition) is 3. The Morgan fingerprint density at radius 1 is 1.45 bits per heavy atom. The third-order valence-corrected chi connectivity index (χ3v) is 5.88. The minimum absolute atomic E-state index is 0.00994. The normalized spacial score (nSPS) is 31.9. The summed E-state index contributed by atoms with van der Waals surface area (Å²) in [6.07, 6.45) is 2.19. The maximum Gasteiger partial charge on any atom is 0.241 e. The zero-order valence-electron chi connectivity index (χ0n) is 12.8. The Morgan fingerprint density at radius 2 is 2.15 bits per heavy atom. The van der Waals surface area contributed by atoms with Gasteiger partial charge in [-0.05, 0) is 43.2 Å². The Bertz CT molecular complexity index is 522. The van der Waals surface area contributed by atoms with E-state index in [-0.39, 0.29) is 18.1 Å². The zero-order chi connectivity index (χ0) is 14.5. The van der Waals surface area contributed by atoms with Crippen molar-refractivity contribution >= 4 is 17.2 Å². The topological polar surface area (TPSA) is 32.3 Å². The molecule has 1 saturated carbocycles. The van der Waals surface area contributed by atoms with Crippen molar-refractivity contribution in [3.63, 3.8) is 0 Å². The molecule has 1 aliphatic carbocycles. The molecule has 3 unspecified atom stereocenters. The minimum atomic E-state index is -0.00994. The molecule has 0 bridgehead atoms. The second-order valence-electron chi connectivity index (χ2n) is 6.86. The van der Waals surface area contributed by atoms with E-state index in [0.717, 1.165) is 13.0 Å². The summed E-state index contributed by atoms with van der Waals surface area (Å²) in [6.45, 7) is 9.70. The van der Waals surface area contributed by atoms with E-state index in [1.807, 2.05) is 0 Å². The summed E-state index contributed by atoms with van der Waals surface area (Å²) in [5, 5.41) is 3.52. The van der Waals surface area contributed by atoms with Gasteiger partial charge in [-0.25, -0.2) is 0 Å². The first-order chi connectivity index (χ1) is 9.42. The maximum absolute atomic E-state index is 12.6. The van der Waals surface area contributed by atoms with Gasteiger partial charge in [0.05, 0.1) is 6.04 Å². The van der Waals surface area contributed by atoms with E-state index in [9.17, 15) is 4.79 Å². The number of aryl methyl sites for hydroxylation is 1. The van der Waals surface area contributed by atoms with Gasteiger partial charge in [0, 0.05) is 16.3 Å². The molecule has 1 saturated heterocycles. The van der Waals surface area contributed by atoms with Crippen LogP contribution in [0, 0.1) is 18.3 Å². The molecule has 1 aliphatic heterocycles. The first kappa shape index (κ1) is 14.1. The van der Waals surface area contributed by atoms with Crippen molar-refractivity contribution in [3.05, 3.63) is 21.9 Å². The van der Waals surface area contributed by atoms with Gasteiger partial charge >= 0.3 is 0 Å². The predicted molar refractivity (Wildman–Crippen MR) is 82.6 cm³/mol. The third kappa shape index (κ3) is 2.40. The lowest BCUT2D eigenvalue weighted by atomic mass is 10.1. The van der Waals surface area contributed by atoms with E-state index in [2.05, 4.69) is 50.0 Å². The maximum atomic E-state index is 12.6. The third-order valence-electron chi connectivity index (χ3n) is 4.83. The van der Waals surface area contributed by atoms with E-state index >= 15 is 0 Å². The smallest absolute Gasteiger partial charge is 0.241 e. The molecule has 1 aromatic rings. The number of hydrogen-bond donors (Lipinski definition) is 1. The molecule has 0 spiro atoms. The van der Waals surface area contributed by atoms with E-state index in [1.54, 1.807) is 11.3 Å². The van der Waals surface area contributed by atoms with Crippen LogP contribution in [0.25, 0.3) is 0 Å². The minimum Gasteiger partial charge on any atom is -0.320 e. The predicted octanol–water partition coefficient (Wildman–Crippen LogP) is 3.31. The summed E-state index contributed by atoms with van der Waals surface area (Å²) >= 11 is 1.79. The highest BCUT2D eigenvalue weighted by atomic mass is 32.1. The van der Waals surface area contributed by atoms with Gasteiger partial charge in [0.1, 0.15) is 6.17 Å². The van der Waals surface area contributed by atoms with Crippen molar-refractivity contribution in [2.24, 2.45) is 11.3 Å². The number of rotatable bonds is 4. The summed E-state index contributed by atoms with van der Waals surface area (Å²) in [5.41, 5.74) is 0.417. The van der Waals surface area contributed by atoms with Crippen molar-refractivity contribution in [2.75, 3.05) is 6.54 Å². The Morgan fingerprint density at radius 3 is 2.65 bits per heavy atom. The molecule has 1 aromatic heterocycles. The highest BCUT2D eigenvalue weighted by Gasteiger charge is 2.49. The monoisotopic (exact) mass is 292 g/mol. The number of carbonyl (C=O) groups excluding carboxylic acids is 1. The number of nitrogens with zero attached hydrogens (tertiary/aromatic N) is 1. The lowest BCUT2D eigenvalue weighted by Gasteiger charge is -2.24. The summed E-state index contributed by atoms with van der Waals surface area (Å²) in [4.78, 5) is 17.2. The van der Waals surface area contributed by atoms with Crippen LogP contribution < -0.4 is 5.32 Å². The second-order valence-corrected chi connectivity index (χ2v) is 8.18. The van der Waals surface area contributed by atoms with E-state index in [1.165, 1.54) is 16.2 Å². The molecule has 1 N–H and O–H groups in total. The van der Waals surface area contributed by atoms with Gasteiger partial charge in [0.2, 0.25) is 5.91 Å². The number of nitrogens with one attached hydrogen (secondary N) is 1. The Balaban J connectivity index is 1.81. The second kappa shape index (κ2) is 4.85. The highest BCUT2D eigenvalue weighted by molar-refractivity contribution is 7.12. The van der Waals surface area contributed by atoms with Gasteiger partial charge in [-0.1, -0.05) is 20.8 Å². The fourth-order valence-corrected chi connectivity index (χ4v) is 4.08. The van der Waals surface area contributed by atoms with Crippen molar-refractivity contribution in [1.29, 1.82) is 0 Å². The molecule has 2 fully saturated rings. The first-order valence-electron chi connectivity index (χ1n) is 7.55. The van der Waals surface area contributed by atoms with Gasteiger partial charge in [0.15, 0.2) is 0 Å². The molecule has 20 heavy (non-hydrogen) atoms. The number of carbonyl (C=O) groups is 1. The van der Waals surface area contributed by atoms with Crippen LogP contribution >= 0.6 is 11.3 Å². The van der Waals surface area contributed by atoms with Gasteiger partial charge < -0.3 is 4.90 Å². The first-order valence-corrected chi connectivity index (χ1v) is 8.37. The van der Waals surface area contributed by atoms with Crippen molar-refractivity contribution in [1.82, 2.24) is 10.2 Å². The molecule has 3 atom stereocenters. The van der Waals surface area contributed by atoms with Crippen molar-refractivity contribution in [3.8, 4) is 0 Å². The fourth-order valence-electron chi connectivity index (χ4n) is 3.13. The molecule has 0 radical (unpaired) electrons. The van der Waals surface area contributed by atoms with Crippen LogP contribution in [0.15, 0.2) is 12.1 Å². The summed E-state index contributed by atoms with van der Waals surface area (Å²) in [5.74, 6) is 0.943. The average Bonchev–Trinajstić information content (AvgIpc) is 2.75. The summed E-state index contributed by atoms with van der Waals surface area (Å²) < 4.78 is 0. The van der Waals surface area contributed by atoms with Gasteiger partial charge in [-0.15, -0.1) is 11.3 Å². The van der Waals surface area contributed by atoms with Crippen LogP contribution in [0.5, 0.6) is 0 Å².